The number of carbonyl (C=O) groups excluding carboxylic acids is 1. The number of halogens is 3. The molecule has 0 unspecified atom stereocenters. The fourth-order valence-electron chi connectivity index (χ4n) is 3.92. The van der Waals surface area contributed by atoms with Crippen LogP contribution >= 0.6 is 0 Å². The molecule has 0 fully saturated rings. The lowest BCUT2D eigenvalue weighted by Crippen LogP contribution is -2.07. The number of benzene rings is 2. The van der Waals surface area contributed by atoms with Crippen molar-refractivity contribution in [3.05, 3.63) is 59.4 Å². The molecule has 4 aromatic rings. The van der Waals surface area contributed by atoms with E-state index in [1.54, 1.807) is 18.2 Å². The largest absolute Gasteiger partial charge is 0.493 e. The summed E-state index contributed by atoms with van der Waals surface area (Å²) in [5.74, 6) is 0.126. The van der Waals surface area contributed by atoms with Crippen LogP contribution in [0.5, 0.6) is 5.75 Å². The van der Waals surface area contributed by atoms with Crippen molar-refractivity contribution in [3.8, 4) is 5.75 Å². The Hall–Kier alpha value is -3.49. The number of carbonyl (C=O) groups is 1. The van der Waals surface area contributed by atoms with E-state index in [2.05, 4.69) is 9.72 Å². The van der Waals surface area contributed by atoms with Crippen LogP contribution in [-0.4, -0.2) is 29.4 Å². The molecule has 174 valence electrons. The zero-order valence-electron chi connectivity index (χ0n) is 18.2. The number of hydrogen-bond acceptors (Lipinski definition) is 5. The Labute approximate surface area is 187 Å². The average Bonchev–Trinajstić information content (AvgIpc) is 3.41. The van der Waals surface area contributed by atoms with Gasteiger partial charge in [0.1, 0.15) is 5.75 Å². The van der Waals surface area contributed by atoms with Crippen LogP contribution in [0.3, 0.4) is 0 Å². The number of ether oxygens (including phenoxy) is 2. The zero-order valence-corrected chi connectivity index (χ0v) is 18.2. The Morgan fingerprint density at radius 3 is 2.73 bits per heavy atom. The molecule has 0 saturated heterocycles. The zero-order chi connectivity index (χ0) is 23.6. The molecule has 2 aromatic carbocycles. The van der Waals surface area contributed by atoms with E-state index >= 15 is 0 Å². The van der Waals surface area contributed by atoms with E-state index in [1.165, 1.54) is 13.2 Å². The summed E-state index contributed by atoms with van der Waals surface area (Å²) in [5.41, 5.74) is 1.18. The third-order valence-corrected chi connectivity index (χ3v) is 5.46. The van der Waals surface area contributed by atoms with Crippen molar-refractivity contribution in [2.24, 2.45) is 0 Å². The normalized spacial score (nSPS) is 11.9. The second-order valence-electron chi connectivity index (χ2n) is 7.67. The van der Waals surface area contributed by atoms with Crippen LogP contribution in [-0.2, 0) is 23.9 Å². The van der Waals surface area contributed by atoms with Gasteiger partial charge in [0.25, 0.3) is 0 Å². The number of alkyl halides is 3. The van der Waals surface area contributed by atoms with Gasteiger partial charge in [-0.05, 0) is 49.2 Å². The van der Waals surface area contributed by atoms with Gasteiger partial charge in [-0.2, -0.15) is 13.2 Å². The van der Waals surface area contributed by atoms with Gasteiger partial charge in [0.05, 0.1) is 24.7 Å². The SMILES string of the molecule is CCCc1c(OCCCn2ccc3cc(C(=O)OC)ccc32)ccc2c(C(F)(F)F)noc12. The molecule has 0 bridgehead atoms. The minimum Gasteiger partial charge on any atom is -0.493 e. The first-order valence-corrected chi connectivity index (χ1v) is 10.6. The molecule has 9 heteroatoms. The summed E-state index contributed by atoms with van der Waals surface area (Å²) in [4.78, 5) is 11.7. The molecule has 0 aliphatic carbocycles. The van der Waals surface area contributed by atoms with Crippen molar-refractivity contribution in [1.29, 1.82) is 0 Å². The van der Waals surface area contributed by atoms with E-state index in [4.69, 9.17) is 14.0 Å². The lowest BCUT2D eigenvalue weighted by Gasteiger charge is -2.12. The summed E-state index contributed by atoms with van der Waals surface area (Å²) < 4.78 is 57.3. The van der Waals surface area contributed by atoms with Crippen molar-refractivity contribution in [1.82, 2.24) is 9.72 Å². The lowest BCUT2D eigenvalue weighted by molar-refractivity contribution is -0.141. The van der Waals surface area contributed by atoms with E-state index in [0.717, 1.165) is 17.3 Å². The summed E-state index contributed by atoms with van der Waals surface area (Å²) in [6.45, 7) is 2.99. The Kier molecular flexibility index (Phi) is 6.31. The highest BCUT2D eigenvalue weighted by Crippen LogP contribution is 2.38. The van der Waals surface area contributed by atoms with E-state index < -0.39 is 11.9 Å². The Morgan fingerprint density at radius 2 is 2.00 bits per heavy atom. The molecule has 0 amide bonds. The average molecular weight is 460 g/mol. The van der Waals surface area contributed by atoms with Gasteiger partial charge in [-0.25, -0.2) is 4.79 Å². The smallest absolute Gasteiger partial charge is 0.437 e. The van der Waals surface area contributed by atoms with E-state index in [-0.39, 0.29) is 16.9 Å². The van der Waals surface area contributed by atoms with Gasteiger partial charge in [0, 0.05) is 29.2 Å². The van der Waals surface area contributed by atoms with Crippen molar-refractivity contribution in [2.45, 2.75) is 38.9 Å². The van der Waals surface area contributed by atoms with E-state index in [0.29, 0.717) is 42.9 Å². The van der Waals surface area contributed by atoms with Crippen LogP contribution in [0.2, 0.25) is 0 Å². The number of fused-ring (bicyclic) bond motifs is 2. The monoisotopic (exact) mass is 460 g/mol. The summed E-state index contributed by atoms with van der Waals surface area (Å²) in [7, 11) is 1.35. The van der Waals surface area contributed by atoms with Crippen LogP contribution < -0.4 is 4.74 Å². The van der Waals surface area contributed by atoms with Crippen LogP contribution in [0.4, 0.5) is 13.2 Å². The second-order valence-corrected chi connectivity index (χ2v) is 7.67. The van der Waals surface area contributed by atoms with Crippen molar-refractivity contribution in [2.75, 3.05) is 13.7 Å². The maximum absolute atomic E-state index is 13.2. The van der Waals surface area contributed by atoms with Crippen LogP contribution in [0.15, 0.2) is 47.1 Å². The third kappa shape index (κ3) is 4.53. The predicted octanol–water partition coefficient (Wildman–Crippen LogP) is 6.01. The van der Waals surface area contributed by atoms with E-state index in [9.17, 15) is 18.0 Å². The molecular weight excluding hydrogens is 437 g/mol. The highest BCUT2D eigenvalue weighted by atomic mass is 19.4. The van der Waals surface area contributed by atoms with Crippen molar-refractivity contribution >= 4 is 27.8 Å². The second kappa shape index (κ2) is 9.17. The van der Waals surface area contributed by atoms with Crippen LogP contribution in [0, 0.1) is 0 Å². The molecular formula is C24H23F3N2O4. The summed E-state index contributed by atoms with van der Waals surface area (Å²) >= 11 is 0. The molecule has 4 rings (SSSR count). The van der Waals surface area contributed by atoms with E-state index in [1.807, 2.05) is 25.3 Å². The van der Waals surface area contributed by atoms with Gasteiger partial charge in [-0.3, -0.25) is 0 Å². The van der Waals surface area contributed by atoms with Gasteiger partial charge < -0.3 is 18.6 Å². The fourth-order valence-corrected chi connectivity index (χ4v) is 3.92. The first-order chi connectivity index (χ1) is 15.8. The first-order valence-electron chi connectivity index (χ1n) is 10.6. The Morgan fingerprint density at radius 1 is 1.18 bits per heavy atom. The number of aryl methyl sites for hydroxylation is 2. The third-order valence-electron chi connectivity index (χ3n) is 5.46. The van der Waals surface area contributed by atoms with Gasteiger partial charge in [0.2, 0.25) is 0 Å². The maximum atomic E-state index is 13.2. The number of rotatable bonds is 8. The van der Waals surface area contributed by atoms with Crippen molar-refractivity contribution in [3.63, 3.8) is 0 Å². The molecule has 0 radical (unpaired) electrons. The number of esters is 1. The van der Waals surface area contributed by atoms with Gasteiger partial charge in [-0.15, -0.1) is 0 Å². The fraction of sp³-hybridized carbons (Fsp3) is 0.333. The van der Waals surface area contributed by atoms with Crippen LogP contribution in [0.1, 0.15) is 41.4 Å². The topological polar surface area (TPSA) is 66.5 Å². The number of hydrogen-bond donors (Lipinski definition) is 0. The molecule has 0 aliphatic heterocycles. The summed E-state index contributed by atoms with van der Waals surface area (Å²) in [6, 6.07) is 10.2. The molecule has 0 spiro atoms. The number of nitrogens with zero attached hydrogens (tertiary/aromatic N) is 2. The standard InChI is InChI=1S/C24H23F3N2O4/c1-3-5-17-20(9-7-18-21(17)33-28-22(18)24(25,26)27)32-13-4-11-29-12-10-15-14-16(23(30)31-2)6-8-19(15)29/h6-10,12,14H,3-5,11,13H2,1-2H3. The van der Waals surface area contributed by atoms with Crippen molar-refractivity contribution < 1.29 is 32.0 Å². The Bertz CT molecular complexity index is 1290. The minimum absolute atomic E-state index is 0.0524. The number of aromatic nitrogens is 2. The highest BCUT2D eigenvalue weighted by molar-refractivity contribution is 5.94. The highest BCUT2D eigenvalue weighted by Gasteiger charge is 2.37. The number of methoxy groups -OCH3 is 1. The molecule has 0 saturated carbocycles. The molecule has 2 aromatic heterocycles. The molecule has 33 heavy (non-hydrogen) atoms. The maximum Gasteiger partial charge on any atom is 0.437 e. The van der Waals surface area contributed by atoms with Gasteiger partial charge in [0.15, 0.2) is 11.3 Å². The lowest BCUT2D eigenvalue weighted by atomic mass is 10.0. The summed E-state index contributed by atoms with van der Waals surface area (Å²) in [5, 5.41) is 4.12. The molecule has 6 nitrogen and oxygen atoms in total. The minimum atomic E-state index is -4.58. The first kappa shape index (κ1) is 22.7. The molecule has 0 atom stereocenters. The van der Waals surface area contributed by atoms with Gasteiger partial charge >= 0.3 is 12.1 Å². The van der Waals surface area contributed by atoms with Gasteiger partial charge in [-0.1, -0.05) is 18.5 Å². The molecule has 2 heterocycles. The molecule has 0 aliphatic rings. The quantitative estimate of drug-likeness (QED) is 0.238. The van der Waals surface area contributed by atoms with Crippen LogP contribution in [0.25, 0.3) is 21.9 Å². The summed E-state index contributed by atoms with van der Waals surface area (Å²) in [6.07, 6.45) is -0.720. The molecule has 0 N–H and O–H groups in total. The Balaban J connectivity index is 1.46. The predicted molar refractivity (Wildman–Crippen MR) is 116 cm³/mol.